The number of likely N-dealkylation sites (tertiary alicyclic amines) is 1. The Hall–Kier alpha value is -1.83. The van der Waals surface area contributed by atoms with Crippen molar-refractivity contribution in [2.75, 3.05) is 19.6 Å². The van der Waals surface area contributed by atoms with Crippen LogP contribution in [0.4, 0.5) is 0 Å². The van der Waals surface area contributed by atoms with Gasteiger partial charge in [-0.2, -0.15) is 0 Å². The number of carbonyl (C=O) groups excluding carboxylic acids is 1. The molecular formula is C18H23ClN2O4S. The Morgan fingerprint density at radius 1 is 1.27 bits per heavy atom. The second kappa shape index (κ2) is 7.82. The lowest BCUT2D eigenvalue weighted by atomic mass is 9.90. The molecule has 1 saturated heterocycles. The first-order chi connectivity index (χ1) is 11.8. The molecule has 1 fully saturated rings. The average molecular weight is 399 g/mol. The molecule has 1 aromatic heterocycles. The van der Waals surface area contributed by atoms with Gasteiger partial charge in [0.25, 0.3) is 5.91 Å². The van der Waals surface area contributed by atoms with E-state index in [4.69, 9.17) is 10.2 Å². The average Bonchev–Trinajstić information content (AvgIpc) is 3.22. The molecule has 1 amide bonds. The molecule has 2 heterocycles. The molecule has 2 N–H and O–H groups in total. The van der Waals surface area contributed by atoms with E-state index in [1.807, 2.05) is 6.92 Å². The smallest absolute Gasteiger partial charge is 0.289 e. The van der Waals surface area contributed by atoms with E-state index in [-0.39, 0.29) is 40.1 Å². The molecule has 26 heavy (non-hydrogen) atoms. The summed E-state index contributed by atoms with van der Waals surface area (Å²) in [6.45, 7) is 3.69. The summed E-state index contributed by atoms with van der Waals surface area (Å²) in [5.74, 6) is -0.447. The molecule has 8 heteroatoms. The number of carbonyl (C=O) groups is 1. The lowest BCUT2D eigenvalue weighted by Crippen LogP contribution is -2.34. The highest BCUT2D eigenvalue weighted by Gasteiger charge is 2.37. The fourth-order valence-electron chi connectivity index (χ4n) is 3.06. The molecule has 0 aliphatic carbocycles. The van der Waals surface area contributed by atoms with Crippen LogP contribution in [0.1, 0.15) is 29.5 Å². The first-order valence-corrected chi connectivity index (χ1v) is 9.83. The molecule has 0 saturated carbocycles. The zero-order chi connectivity index (χ0) is 18.1. The fraction of sp³-hybridized carbons (Fsp3) is 0.389. The molecular weight excluding hydrogens is 376 g/mol. The Morgan fingerprint density at radius 3 is 2.58 bits per heavy atom. The van der Waals surface area contributed by atoms with Gasteiger partial charge in [0.1, 0.15) is 0 Å². The van der Waals surface area contributed by atoms with Crippen molar-refractivity contribution < 1.29 is 17.6 Å². The molecule has 1 aliphatic rings. The van der Waals surface area contributed by atoms with Crippen molar-refractivity contribution in [3.63, 3.8) is 0 Å². The minimum absolute atomic E-state index is 0. The maximum atomic E-state index is 12.8. The number of furan rings is 1. The molecule has 1 unspecified atom stereocenters. The molecule has 2 aromatic rings. The van der Waals surface area contributed by atoms with E-state index < -0.39 is 9.84 Å². The van der Waals surface area contributed by atoms with Crippen molar-refractivity contribution in [3.8, 4) is 0 Å². The third-order valence-corrected chi connectivity index (χ3v) is 6.41. The van der Waals surface area contributed by atoms with Crippen LogP contribution in [-0.2, 0) is 15.6 Å². The van der Waals surface area contributed by atoms with Gasteiger partial charge in [-0.1, -0.05) is 25.1 Å². The molecule has 0 radical (unpaired) electrons. The van der Waals surface area contributed by atoms with Crippen LogP contribution in [0.2, 0.25) is 0 Å². The first kappa shape index (κ1) is 20.5. The van der Waals surface area contributed by atoms with Gasteiger partial charge in [-0.05, 0) is 36.6 Å². The molecule has 1 aromatic carbocycles. The highest BCUT2D eigenvalue weighted by Crippen LogP contribution is 2.30. The zero-order valence-corrected chi connectivity index (χ0v) is 16.2. The van der Waals surface area contributed by atoms with Crippen LogP contribution in [0, 0.1) is 5.41 Å². The zero-order valence-electron chi connectivity index (χ0n) is 14.6. The second-order valence-corrected chi connectivity index (χ2v) is 8.83. The summed E-state index contributed by atoms with van der Waals surface area (Å²) in [5, 5.41) is 0. The Kier molecular flexibility index (Phi) is 6.16. The highest BCUT2D eigenvalue weighted by atomic mass is 35.5. The van der Waals surface area contributed by atoms with Crippen LogP contribution in [0.25, 0.3) is 0 Å². The van der Waals surface area contributed by atoms with Gasteiger partial charge in [0, 0.05) is 18.7 Å². The number of hydrogen-bond acceptors (Lipinski definition) is 5. The van der Waals surface area contributed by atoms with Gasteiger partial charge in [0.05, 0.1) is 16.9 Å². The number of hydrogen-bond donors (Lipinski definition) is 1. The second-order valence-electron chi connectivity index (χ2n) is 6.84. The minimum atomic E-state index is -3.54. The van der Waals surface area contributed by atoms with Gasteiger partial charge >= 0.3 is 0 Å². The van der Waals surface area contributed by atoms with Gasteiger partial charge in [-0.15, -0.1) is 12.4 Å². The van der Waals surface area contributed by atoms with Crippen LogP contribution in [0.15, 0.2) is 52.0 Å². The van der Waals surface area contributed by atoms with Crippen LogP contribution < -0.4 is 5.73 Å². The number of sulfone groups is 1. The maximum absolute atomic E-state index is 12.8. The Bertz CT molecular complexity index is 866. The third kappa shape index (κ3) is 4.11. The van der Waals surface area contributed by atoms with Crippen LogP contribution in [0.5, 0.6) is 0 Å². The van der Waals surface area contributed by atoms with E-state index >= 15 is 0 Å². The number of benzene rings is 1. The van der Waals surface area contributed by atoms with Crippen molar-refractivity contribution in [1.82, 2.24) is 4.90 Å². The molecule has 3 rings (SSSR count). The molecule has 142 valence electrons. The third-order valence-electron chi connectivity index (χ3n) is 4.73. The highest BCUT2D eigenvalue weighted by molar-refractivity contribution is 7.90. The van der Waals surface area contributed by atoms with Crippen molar-refractivity contribution in [1.29, 1.82) is 0 Å². The summed E-state index contributed by atoms with van der Waals surface area (Å²) < 4.78 is 30.5. The quantitative estimate of drug-likeness (QED) is 0.835. The van der Waals surface area contributed by atoms with Gasteiger partial charge in [0.2, 0.25) is 0 Å². The van der Waals surface area contributed by atoms with Crippen molar-refractivity contribution in [2.45, 2.75) is 24.0 Å². The lowest BCUT2D eigenvalue weighted by molar-refractivity contribution is 0.0744. The van der Waals surface area contributed by atoms with E-state index in [1.165, 1.54) is 6.26 Å². The minimum Gasteiger partial charge on any atom is -0.459 e. The molecule has 1 atom stereocenters. The monoisotopic (exact) mass is 398 g/mol. The van der Waals surface area contributed by atoms with E-state index in [0.717, 1.165) is 6.42 Å². The van der Waals surface area contributed by atoms with Crippen LogP contribution >= 0.6 is 12.4 Å². The van der Waals surface area contributed by atoms with E-state index in [2.05, 4.69) is 0 Å². The lowest BCUT2D eigenvalue weighted by Gasteiger charge is -2.22. The Labute approximate surface area is 159 Å². The number of nitrogens with zero attached hydrogens (tertiary/aromatic N) is 1. The number of rotatable bonds is 5. The van der Waals surface area contributed by atoms with E-state index in [9.17, 15) is 13.2 Å². The van der Waals surface area contributed by atoms with Gasteiger partial charge in [0.15, 0.2) is 15.6 Å². The largest absolute Gasteiger partial charge is 0.459 e. The van der Waals surface area contributed by atoms with Crippen LogP contribution in [-0.4, -0.2) is 38.9 Å². The fourth-order valence-corrected chi connectivity index (χ4v) is 4.44. The number of amides is 1. The van der Waals surface area contributed by atoms with E-state index in [0.29, 0.717) is 25.2 Å². The SMILES string of the molecule is CC1(CN)CCN(C(=O)c2occc2CS(=O)(=O)c2ccccc2)C1.Cl. The summed E-state index contributed by atoms with van der Waals surface area (Å²) in [6.07, 6.45) is 2.19. The summed E-state index contributed by atoms with van der Waals surface area (Å²) in [7, 11) is -3.54. The van der Waals surface area contributed by atoms with Gasteiger partial charge in [-0.3, -0.25) is 4.79 Å². The van der Waals surface area contributed by atoms with E-state index in [1.54, 1.807) is 41.3 Å². The molecule has 6 nitrogen and oxygen atoms in total. The topological polar surface area (TPSA) is 93.6 Å². The Morgan fingerprint density at radius 2 is 1.96 bits per heavy atom. The summed E-state index contributed by atoms with van der Waals surface area (Å²) in [6, 6.07) is 9.74. The molecule has 1 aliphatic heterocycles. The number of halogens is 1. The number of nitrogens with two attached hydrogens (primary N) is 1. The Balaban J connectivity index is 0.00000243. The van der Waals surface area contributed by atoms with Crippen LogP contribution in [0.3, 0.4) is 0 Å². The molecule has 0 spiro atoms. The summed E-state index contributed by atoms with van der Waals surface area (Å²) >= 11 is 0. The summed E-state index contributed by atoms with van der Waals surface area (Å²) in [4.78, 5) is 14.7. The van der Waals surface area contributed by atoms with Crippen molar-refractivity contribution in [3.05, 3.63) is 54.0 Å². The normalized spacial score (nSPS) is 20.0. The van der Waals surface area contributed by atoms with Crippen molar-refractivity contribution >= 4 is 28.2 Å². The van der Waals surface area contributed by atoms with Gasteiger partial charge in [-0.25, -0.2) is 8.42 Å². The first-order valence-electron chi connectivity index (χ1n) is 8.18. The maximum Gasteiger partial charge on any atom is 0.289 e. The molecule has 0 bridgehead atoms. The standard InChI is InChI=1S/C18H22N2O4S.ClH/c1-18(12-19)8-9-20(13-18)17(21)16-14(7-10-24-16)11-25(22,23)15-5-3-2-4-6-15;/h2-7,10H,8-9,11-13,19H2,1H3;1H. The predicted octanol–water partition coefficient (Wildman–Crippen LogP) is 2.49. The van der Waals surface area contributed by atoms with Gasteiger partial charge < -0.3 is 15.1 Å². The van der Waals surface area contributed by atoms with Crippen molar-refractivity contribution in [2.24, 2.45) is 11.1 Å². The summed E-state index contributed by atoms with van der Waals surface area (Å²) in [5.41, 5.74) is 6.07. The predicted molar refractivity (Wildman–Crippen MR) is 101 cm³/mol.